The maximum atomic E-state index is 13.3. The Morgan fingerprint density at radius 2 is 2.00 bits per heavy atom. The first-order chi connectivity index (χ1) is 14.2. The Labute approximate surface area is 173 Å². The lowest BCUT2D eigenvalue weighted by molar-refractivity contribution is 0.100. The highest BCUT2D eigenvalue weighted by molar-refractivity contribution is 6.11. The van der Waals surface area contributed by atoms with E-state index in [-0.39, 0.29) is 23.7 Å². The number of nitrogen functional groups attached to an aromatic ring is 1. The Bertz CT molecular complexity index is 1180. The number of phenolic OH excluding ortho intramolecular Hbond substituents is 1. The van der Waals surface area contributed by atoms with Crippen LogP contribution in [0.5, 0.6) is 11.6 Å². The molecule has 1 aliphatic carbocycles. The van der Waals surface area contributed by atoms with Crippen LogP contribution in [-0.2, 0) is 0 Å². The molecule has 3 aromatic rings. The van der Waals surface area contributed by atoms with E-state index in [0.29, 0.717) is 33.7 Å². The Hall–Kier alpha value is -3.29. The molecule has 1 amide bonds. The minimum absolute atomic E-state index is 0.0969. The van der Waals surface area contributed by atoms with E-state index < -0.39 is 18.0 Å². The number of pyridine rings is 1. The SMILES string of the molecule is Cc1cc2c(C(N)=O)c(N)n(-c3c(C)ccc(O)c3C)c2nc1OCC1(CF)CC1. The lowest BCUT2D eigenvalue weighted by atomic mass is 10.1. The number of benzene rings is 1. The normalized spacial score (nSPS) is 14.8. The maximum Gasteiger partial charge on any atom is 0.253 e. The number of carbonyl (C=O) groups is 1. The second-order valence-corrected chi connectivity index (χ2v) is 8.24. The van der Waals surface area contributed by atoms with Gasteiger partial charge in [-0.25, -0.2) is 0 Å². The van der Waals surface area contributed by atoms with E-state index in [1.165, 1.54) is 0 Å². The molecular formula is C22H25FN4O3. The van der Waals surface area contributed by atoms with Crippen LogP contribution in [0.15, 0.2) is 18.2 Å². The molecule has 1 aromatic carbocycles. The summed E-state index contributed by atoms with van der Waals surface area (Å²) in [5.41, 5.74) is 14.9. The molecule has 8 heteroatoms. The fourth-order valence-electron chi connectivity index (χ4n) is 3.82. The van der Waals surface area contributed by atoms with Crippen molar-refractivity contribution in [3.8, 4) is 17.3 Å². The van der Waals surface area contributed by atoms with Gasteiger partial charge < -0.3 is 21.3 Å². The first-order valence-corrected chi connectivity index (χ1v) is 9.79. The first-order valence-electron chi connectivity index (χ1n) is 9.79. The third kappa shape index (κ3) is 3.03. The molecule has 0 radical (unpaired) electrons. The van der Waals surface area contributed by atoms with Gasteiger partial charge >= 0.3 is 0 Å². The summed E-state index contributed by atoms with van der Waals surface area (Å²) in [6, 6.07) is 5.12. The number of phenols is 1. The van der Waals surface area contributed by atoms with Gasteiger partial charge in [-0.05, 0) is 51.3 Å². The summed E-state index contributed by atoms with van der Waals surface area (Å²) >= 11 is 0. The van der Waals surface area contributed by atoms with Crippen LogP contribution in [0, 0.1) is 26.2 Å². The fraction of sp³-hybridized carbons (Fsp3) is 0.364. The zero-order valence-corrected chi connectivity index (χ0v) is 17.3. The summed E-state index contributed by atoms with van der Waals surface area (Å²) < 4.78 is 20.7. The Morgan fingerprint density at radius 1 is 1.30 bits per heavy atom. The van der Waals surface area contributed by atoms with Gasteiger partial charge in [0.25, 0.3) is 5.91 Å². The van der Waals surface area contributed by atoms with Gasteiger partial charge in [0, 0.05) is 21.9 Å². The predicted molar refractivity (Wildman–Crippen MR) is 113 cm³/mol. The lowest BCUT2D eigenvalue weighted by Gasteiger charge is -2.16. The van der Waals surface area contributed by atoms with Crippen molar-refractivity contribution < 1.29 is 19.0 Å². The van der Waals surface area contributed by atoms with E-state index in [1.54, 1.807) is 36.6 Å². The van der Waals surface area contributed by atoms with Crippen molar-refractivity contribution in [2.45, 2.75) is 33.6 Å². The largest absolute Gasteiger partial charge is 0.508 e. The standard InChI is InChI=1S/C22H25FN4O3/c1-11-4-5-15(28)13(3)17(11)27-18(24)16(19(25)29)14-8-12(2)21(26-20(14)27)30-10-22(9-23)6-7-22/h4-5,8,28H,6-7,9-10,24H2,1-3H3,(H2,25,29). The third-order valence-corrected chi connectivity index (χ3v) is 5.95. The second kappa shape index (κ2) is 6.90. The van der Waals surface area contributed by atoms with Gasteiger partial charge in [-0.3, -0.25) is 13.8 Å². The molecule has 0 atom stereocenters. The number of anilines is 1. The average molecular weight is 412 g/mol. The van der Waals surface area contributed by atoms with Crippen molar-refractivity contribution in [2.24, 2.45) is 11.1 Å². The zero-order valence-electron chi connectivity index (χ0n) is 17.3. The number of fused-ring (bicyclic) bond motifs is 1. The molecule has 30 heavy (non-hydrogen) atoms. The number of hydrogen-bond acceptors (Lipinski definition) is 5. The topological polar surface area (TPSA) is 116 Å². The average Bonchev–Trinajstić information content (AvgIpc) is 3.43. The Morgan fingerprint density at radius 3 is 2.60 bits per heavy atom. The number of hydrogen-bond donors (Lipinski definition) is 3. The highest BCUT2D eigenvalue weighted by Gasteiger charge is 2.44. The van der Waals surface area contributed by atoms with Gasteiger partial charge in [0.05, 0.1) is 24.5 Å². The number of aromatic nitrogens is 2. The van der Waals surface area contributed by atoms with E-state index in [1.807, 2.05) is 6.92 Å². The second-order valence-electron chi connectivity index (χ2n) is 8.24. The molecule has 1 fully saturated rings. The van der Waals surface area contributed by atoms with Crippen molar-refractivity contribution >= 4 is 22.8 Å². The number of ether oxygens (including phenoxy) is 1. The van der Waals surface area contributed by atoms with Crippen LogP contribution in [0.2, 0.25) is 0 Å². The van der Waals surface area contributed by atoms with Crippen LogP contribution in [0.3, 0.4) is 0 Å². The first kappa shape index (κ1) is 20.0. The van der Waals surface area contributed by atoms with Crippen LogP contribution < -0.4 is 16.2 Å². The van der Waals surface area contributed by atoms with Crippen LogP contribution in [0.25, 0.3) is 16.7 Å². The molecule has 5 N–H and O–H groups in total. The molecule has 1 saturated carbocycles. The van der Waals surface area contributed by atoms with E-state index in [4.69, 9.17) is 16.2 Å². The molecule has 2 heterocycles. The van der Waals surface area contributed by atoms with Gasteiger partial charge in [0.15, 0.2) is 5.65 Å². The number of alkyl halides is 1. The van der Waals surface area contributed by atoms with Crippen molar-refractivity contribution in [1.29, 1.82) is 0 Å². The molecule has 0 spiro atoms. The van der Waals surface area contributed by atoms with Crippen LogP contribution in [0.1, 0.15) is 39.9 Å². The van der Waals surface area contributed by atoms with E-state index >= 15 is 0 Å². The molecule has 0 bridgehead atoms. The monoisotopic (exact) mass is 412 g/mol. The number of halogens is 1. The summed E-state index contributed by atoms with van der Waals surface area (Å²) in [7, 11) is 0. The van der Waals surface area contributed by atoms with Crippen LogP contribution in [0.4, 0.5) is 10.2 Å². The van der Waals surface area contributed by atoms with E-state index in [9.17, 15) is 14.3 Å². The number of nitrogens with zero attached hydrogens (tertiary/aromatic N) is 2. The third-order valence-electron chi connectivity index (χ3n) is 5.95. The minimum atomic E-state index is -0.670. The summed E-state index contributed by atoms with van der Waals surface area (Å²) in [6.45, 7) is 5.26. The van der Waals surface area contributed by atoms with Gasteiger partial charge in [0.2, 0.25) is 5.88 Å². The number of rotatable bonds is 6. The number of primary amides is 1. The smallest absolute Gasteiger partial charge is 0.253 e. The highest BCUT2D eigenvalue weighted by Crippen LogP contribution is 2.46. The van der Waals surface area contributed by atoms with Crippen molar-refractivity contribution in [3.05, 3.63) is 40.5 Å². The highest BCUT2D eigenvalue weighted by atomic mass is 19.1. The van der Waals surface area contributed by atoms with Gasteiger partial charge in [0.1, 0.15) is 11.6 Å². The van der Waals surface area contributed by atoms with Gasteiger partial charge in [-0.15, -0.1) is 0 Å². The quantitative estimate of drug-likeness (QED) is 0.573. The number of nitrogens with two attached hydrogens (primary N) is 2. The summed E-state index contributed by atoms with van der Waals surface area (Å²) in [4.78, 5) is 16.8. The van der Waals surface area contributed by atoms with Gasteiger partial charge in [-0.1, -0.05) is 6.07 Å². The molecule has 2 aromatic heterocycles. The molecular weight excluding hydrogens is 387 g/mol. The molecule has 1 aliphatic rings. The van der Waals surface area contributed by atoms with Gasteiger partial charge in [-0.2, -0.15) is 4.98 Å². The molecule has 0 saturated heterocycles. The minimum Gasteiger partial charge on any atom is -0.508 e. The Balaban J connectivity index is 1.95. The predicted octanol–water partition coefficient (Wildman–Crippen LogP) is 3.47. The summed E-state index contributed by atoms with van der Waals surface area (Å²) in [6.07, 6.45) is 1.59. The molecule has 4 rings (SSSR count). The van der Waals surface area contributed by atoms with Crippen LogP contribution in [-0.4, -0.2) is 33.8 Å². The lowest BCUT2D eigenvalue weighted by Crippen LogP contribution is -2.16. The molecule has 7 nitrogen and oxygen atoms in total. The fourth-order valence-corrected chi connectivity index (χ4v) is 3.82. The molecule has 0 aliphatic heterocycles. The maximum absolute atomic E-state index is 13.3. The number of amides is 1. The Kier molecular flexibility index (Phi) is 4.60. The summed E-state index contributed by atoms with van der Waals surface area (Å²) in [5, 5.41) is 10.7. The van der Waals surface area contributed by atoms with E-state index in [2.05, 4.69) is 4.98 Å². The number of aromatic hydroxyl groups is 1. The molecule has 158 valence electrons. The zero-order chi connectivity index (χ0) is 21.8. The molecule has 0 unspecified atom stereocenters. The van der Waals surface area contributed by atoms with Crippen LogP contribution >= 0.6 is 0 Å². The summed E-state index contributed by atoms with van der Waals surface area (Å²) in [5.74, 6) is -0.0798. The van der Waals surface area contributed by atoms with E-state index in [0.717, 1.165) is 18.4 Å². The van der Waals surface area contributed by atoms with Crippen molar-refractivity contribution in [3.63, 3.8) is 0 Å². The van der Waals surface area contributed by atoms with Crippen molar-refractivity contribution in [1.82, 2.24) is 9.55 Å². The van der Waals surface area contributed by atoms with Crippen molar-refractivity contribution in [2.75, 3.05) is 19.0 Å². The number of aryl methyl sites for hydroxylation is 2. The number of carbonyl (C=O) groups excluding carboxylic acids is 1.